The van der Waals surface area contributed by atoms with E-state index >= 15 is 0 Å². The van der Waals surface area contributed by atoms with Gasteiger partial charge in [0.1, 0.15) is 5.52 Å². The van der Waals surface area contributed by atoms with Crippen LogP contribution in [-0.4, -0.2) is 48.3 Å². The molecule has 0 bridgehead atoms. The molecule has 0 saturated carbocycles. The molecule has 114 valence electrons. The van der Waals surface area contributed by atoms with E-state index < -0.39 is 10.0 Å². The number of rotatable bonds is 3. The lowest BCUT2D eigenvalue weighted by atomic mass is 10.1. The maximum Gasteiger partial charge on any atom is 0.208 e. The Balaban J connectivity index is 1.75. The van der Waals surface area contributed by atoms with E-state index in [1.165, 1.54) is 6.26 Å². The quantitative estimate of drug-likeness (QED) is 0.892. The molecule has 7 nitrogen and oxygen atoms in total. The smallest absolute Gasteiger partial charge is 0.208 e. The van der Waals surface area contributed by atoms with Crippen molar-refractivity contribution in [1.82, 2.24) is 19.3 Å². The lowest BCUT2D eigenvalue weighted by Gasteiger charge is -2.32. The molecule has 0 aliphatic carbocycles. The van der Waals surface area contributed by atoms with E-state index in [9.17, 15) is 8.42 Å². The molecular formula is C13H19N5O2S. The van der Waals surface area contributed by atoms with Crippen LogP contribution in [0.5, 0.6) is 0 Å². The normalized spacial score (nSPS) is 17.5. The Morgan fingerprint density at radius 1 is 1.33 bits per heavy atom. The summed E-state index contributed by atoms with van der Waals surface area (Å²) in [6, 6.07) is 3.84. The van der Waals surface area contributed by atoms with E-state index in [-0.39, 0.29) is 6.04 Å². The number of imidazole rings is 1. The number of hydrogen-bond donors (Lipinski definition) is 1. The maximum atomic E-state index is 11.3. The van der Waals surface area contributed by atoms with Crippen LogP contribution in [0.1, 0.15) is 12.8 Å². The summed E-state index contributed by atoms with van der Waals surface area (Å²) >= 11 is 0. The lowest BCUT2D eigenvalue weighted by Crippen LogP contribution is -2.45. The number of hydrogen-bond acceptors (Lipinski definition) is 5. The van der Waals surface area contributed by atoms with Crippen molar-refractivity contribution >= 4 is 27.1 Å². The average Bonchev–Trinajstić information content (AvgIpc) is 2.76. The number of piperidine rings is 1. The topological polar surface area (TPSA) is 80.1 Å². The van der Waals surface area contributed by atoms with E-state index in [0.29, 0.717) is 0 Å². The van der Waals surface area contributed by atoms with Gasteiger partial charge in [-0.1, -0.05) is 0 Å². The zero-order valence-corrected chi connectivity index (χ0v) is 13.0. The number of nitrogens with one attached hydrogen (secondary N) is 1. The molecule has 0 spiro atoms. The molecule has 1 aliphatic rings. The molecule has 0 atom stereocenters. The van der Waals surface area contributed by atoms with Crippen LogP contribution in [0.25, 0.3) is 11.2 Å². The highest BCUT2D eigenvalue weighted by Crippen LogP contribution is 2.22. The number of aryl methyl sites for hydroxylation is 1. The maximum absolute atomic E-state index is 11.3. The molecule has 8 heteroatoms. The third-order valence-electron chi connectivity index (χ3n) is 3.76. The predicted molar refractivity (Wildman–Crippen MR) is 81.7 cm³/mol. The number of anilines is 1. The minimum atomic E-state index is -3.13. The van der Waals surface area contributed by atoms with Crippen LogP contribution in [0.15, 0.2) is 18.3 Å². The minimum Gasteiger partial charge on any atom is -0.342 e. The Morgan fingerprint density at radius 3 is 2.67 bits per heavy atom. The van der Waals surface area contributed by atoms with Gasteiger partial charge in [-0.05, 0) is 25.0 Å². The van der Waals surface area contributed by atoms with Crippen LogP contribution in [0, 0.1) is 0 Å². The van der Waals surface area contributed by atoms with Crippen LogP contribution >= 0.6 is 0 Å². The number of aromatic nitrogens is 3. The van der Waals surface area contributed by atoms with Crippen LogP contribution in [0.2, 0.25) is 0 Å². The first-order valence-corrected chi connectivity index (χ1v) is 8.83. The second-order valence-electron chi connectivity index (χ2n) is 5.47. The summed E-state index contributed by atoms with van der Waals surface area (Å²) in [6.07, 6.45) is 4.53. The molecule has 2 aromatic rings. The first-order chi connectivity index (χ1) is 9.94. The van der Waals surface area contributed by atoms with Crippen LogP contribution in [0.3, 0.4) is 0 Å². The molecule has 3 rings (SSSR count). The van der Waals surface area contributed by atoms with Gasteiger partial charge in [-0.2, -0.15) is 0 Å². The van der Waals surface area contributed by atoms with Crippen molar-refractivity contribution in [3.63, 3.8) is 0 Å². The van der Waals surface area contributed by atoms with E-state index in [4.69, 9.17) is 0 Å². The van der Waals surface area contributed by atoms with E-state index in [0.717, 1.165) is 43.0 Å². The summed E-state index contributed by atoms with van der Waals surface area (Å²) in [6.45, 7) is 1.56. The van der Waals surface area contributed by atoms with Crippen LogP contribution in [0.4, 0.5) is 5.95 Å². The third-order valence-corrected chi connectivity index (χ3v) is 4.52. The molecule has 0 radical (unpaired) electrons. The van der Waals surface area contributed by atoms with Gasteiger partial charge in [0.05, 0.1) is 6.26 Å². The van der Waals surface area contributed by atoms with Crippen molar-refractivity contribution in [2.24, 2.45) is 7.05 Å². The number of sulfonamides is 1. The molecular weight excluding hydrogens is 290 g/mol. The Hall–Kier alpha value is -1.67. The van der Waals surface area contributed by atoms with Crippen molar-refractivity contribution in [2.45, 2.75) is 18.9 Å². The standard InChI is InChI=1S/C13H19N5O2S/c1-17-12-11(4-3-7-14-12)15-13(17)18-8-5-10(6-9-18)16-21(2,19)20/h3-4,7,10,16H,5-6,8-9H2,1-2H3. The summed E-state index contributed by atoms with van der Waals surface area (Å²) in [5, 5.41) is 0. The van der Waals surface area contributed by atoms with Crippen molar-refractivity contribution < 1.29 is 8.42 Å². The fourth-order valence-electron chi connectivity index (χ4n) is 2.79. The molecule has 1 N–H and O–H groups in total. The Labute approximate surface area is 124 Å². The first-order valence-electron chi connectivity index (χ1n) is 6.94. The van der Waals surface area contributed by atoms with E-state index in [2.05, 4.69) is 19.6 Å². The molecule has 21 heavy (non-hydrogen) atoms. The minimum absolute atomic E-state index is 0.0176. The second-order valence-corrected chi connectivity index (χ2v) is 7.25. The molecule has 0 amide bonds. The van der Waals surface area contributed by atoms with Crippen LogP contribution < -0.4 is 9.62 Å². The van der Waals surface area contributed by atoms with Crippen molar-refractivity contribution in [1.29, 1.82) is 0 Å². The summed E-state index contributed by atoms with van der Waals surface area (Å²) in [7, 11) is -1.18. The van der Waals surface area contributed by atoms with Gasteiger partial charge in [0.2, 0.25) is 16.0 Å². The van der Waals surface area contributed by atoms with Crippen molar-refractivity contribution in [3.8, 4) is 0 Å². The largest absolute Gasteiger partial charge is 0.342 e. The fraction of sp³-hybridized carbons (Fsp3) is 0.538. The highest BCUT2D eigenvalue weighted by molar-refractivity contribution is 7.88. The van der Waals surface area contributed by atoms with E-state index in [1.807, 2.05) is 23.7 Å². The molecule has 1 fully saturated rings. The SMILES string of the molecule is Cn1c(N2CCC(NS(C)(=O)=O)CC2)nc2cccnc21. The first kappa shape index (κ1) is 14.3. The zero-order valence-electron chi connectivity index (χ0n) is 12.2. The third kappa shape index (κ3) is 3.01. The van der Waals surface area contributed by atoms with Gasteiger partial charge >= 0.3 is 0 Å². The second kappa shape index (κ2) is 5.27. The Morgan fingerprint density at radius 2 is 2.05 bits per heavy atom. The summed E-state index contributed by atoms with van der Waals surface area (Å²) in [4.78, 5) is 11.1. The Kier molecular flexibility index (Phi) is 3.58. The van der Waals surface area contributed by atoms with Crippen molar-refractivity contribution in [3.05, 3.63) is 18.3 Å². The Bertz CT molecular complexity index is 747. The number of fused-ring (bicyclic) bond motifs is 1. The molecule has 0 unspecified atom stereocenters. The van der Waals surface area contributed by atoms with Gasteiger partial charge in [0, 0.05) is 32.4 Å². The lowest BCUT2D eigenvalue weighted by molar-refractivity contribution is 0.456. The molecule has 0 aromatic carbocycles. The predicted octanol–water partition coefficient (Wildman–Crippen LogP) is 0.486. The molecule has 2 aromatic heterocycles. The van der Waals surface area contributed by atoms with Gasteiger partial charge in [-0.25, -0.2) is 23.1 Å². The molecule has 3 heterocycles. The van der Waals surface area contributed by atoms with Crippen LogP contribution in [-0.2, 0) is 17.1 Å². The van der Waals surface area contributed by atoms with Crippen molar-refractivity contribution in [2.75, 3.05) is 24.2 Å². The van der Waals surface area contributed by atoms with E-state index in [1.54, 1.807) is 6.20 Å². The number of pyridine rings is 1. The van der Waals surface area contributed by atoms with Gasteiger partial charge in [0.15, 0.2) is 5.65 Å². The summed E-state index contributed by atoms with van der Waals surface area (Å²) in [5.74, 6) is 0.890. The summed E-state index contributed by atoms with van der Waals surface area (Å²) < 4.78 is 27.2. The average molecular weight is 309 g/mol. The van der Waals surface area contributed by atoms with Gasteiger partial charge < -0.3 is 4.90 Å². The number of nitrogens with zero attached hydrogens (tertiary/aromatic N) is 4. The van der Waals surface area contributed by atoms with Gasteiger partial charge in [-0.3, -0.25) is 4.57 Å². The fourth-order valence-corrected chi connectivity index (χ4v) is 3.64. The molecule has 1 aliphatic heterocycles. The summed E-state index contributed by atoms with van der Waals surface area (Å²) in [5.41, 5.74) is 1.75. The monoisotopic (exact) mass is 309 g/mol. The highest BCUT2D eigenvalue weighted by Gasteiger charge is 2.24. The zero-order chi connectivity index (χ0) is 15.0. The van der Waals surface area contributed by atoms with Gasteiger partial charge in [-0.15, -0.1) is 0 Å². The van der Waals surface area contributed by atoms with Gasteiger partial charge in [0.25, 0.3) is 0 Å². The molecule has 1 saturated heterocycles. The highest BCUT2D eigenvalue weighted by atomic mass is 32.2.